The van der Waals surface area contributed by atoms with E-state index in [9.17, 15) is 0 Å². The summed E-state index contributed by atoms with van der Waals surface area (Å²) in [6, 6.07) is 0. The molecule has 1 unspecified atom stereocenters. The highest BCUT2D eigenvalue weighted by Crippen LogP contribution is 2.61. The zero-order valence-electron chi connectivity index (χ0n) is 15.9. The molecule has 1 saturated carbocycles. The summed E-state index contributed by atoms with van der Waals surface area (Å²) in [5.41, 5.74) is 1.51. The van der Waals surface area contributed by atoms with Crippen molar-refractivity contribution in [2.45, 2.75) is 84.2 Å². The van der Waals surface area contributed by atoms with Crippen LogP contribution >= 0.6 is 0 Å². The van der Waals surface area contributed by atoms with Gasteiger partial charge in [-0.25, -0.2) is 0 Å². The van der Waals surface area contributed by atoms with Crippen molar-refractivity contribution in [3.63, 3.8) is 0 Å². The number of epoxide rings is 2. The zero-order chi connectivity index (χ0) is 17.0. The number of hydrogen-bond acceptors (Lipinski definition) is 3. The fourth-order valence-corrected chi connectivity index (χ4v) is 4.91. The second-order valence-electron chi connectivity index (χ2n) is 9.35. The van der Waals surface area contributed by atoms with Gasteiger partial charge in [-0.2, -0.15) is 0 Å². The van der Waals surface area contributed by atoms with Crippen LogP contribution in [0.15, 0.2) is 11.6 Å². The molecule has 3 nitrogen and oxygen atoms in total. The van der Waals surface area contributed by atoms with Crippen molar-refractivity contribution in [1.82, 2.24) is 0 Å². The van der Waals surface area contributed by atoms with Crippen molar-refractivity contribution in [3.8, 4) is 0 Å². The van der Waals surface area contributed by atoms with Crippen molar-refractivity contribution < 1.29 is 14.2 Å². The molecule has 0 aromatic rings. The van der Waals surface area contributed by atoms with Gasteiger partial charge in [-0.15, -0.1) is 0 Å². The van der Waals surface area contributed by atoms with Crippen molar-refractivity contribution in [2.75, 3.05) is 13.7 Å². The first-order chi connectivity index (χ1) is 10.6. The molecule has 0 aromatic carbocycles. The molecular weight excluding hydrogens is 288 g/mol. The van der Waals surface area contributed by atoms with E-state index in [2.05, 4.69) is 47.6 Å². The maximum Gasteiger partial charge on any atom is 0.100 e. The minimum Gasteiger partial charge on any atom is -0.381 e. The smallest absolute Gasteiger partial charge is 0.100 e. The molecule has 3 rings (SSSR count). The second kappa shape index (κ2) is 5.57. The Hall–Kier alpha value is -0.380. The van der Waals surface area contributed by atoms with Crippen LogP contribution in [-0.2, 0) is 14.2 Å². The normalized spacial score (nSPS) is 45.9. The summed E-state index contributed by atoms with van der Waals surface area (Å²) in [7, 11) is 1.87. The minimum absolute atomic E-state index is 0.0108. The van der Waals surface area contributed by atoms with Gasteiger partial charge in [0.1, 0.15) is 5.60 Å². The number of allylic oxidation sites excluding steroid dienone is 1. The molecule has 0 aromatic heterocycles. The van der Waals surface area contributed by atoms with E-state index in [1.807, 2.05) is 7.11 Å². The summed E-state index contributed by atoms with van der Waals surface area (Å²) in [6.45, 7) is 14.5. The first-order valence-electron chi connectivity index (χ1n) is 9.12. The number of ether oxygens (including phenoxy) is 3. The Kier molecular flexibility index (Phi) is 4.23. The number of methoxy groups -OCH3 is 1. The Labute approximate surface area is 141 Å². The molecular formula is C20H34O3. The SMILES string of the molecule is CO[C@@H]1C(C(C)(C)C)CC[C@]2(CO2)[C@H]1[C@@]1(C)O[C@@H]1CC=C(C)C. The van der Waals surface area contributed by atoms with Crippen LogP contribution < -0.4 is 0 Å². The van der Waals surface area contributed by atoms with Crippen LogP contribution in [0.2, 0.25) is 0 Å². The summed E-state index contributed by atoms with van der Waals surface area (Å²) < 4.78 is 18.3. The van der Waals surface area contributed by atoms with Gasteiger partial charge in [0.25, 0.3) is 0 Å². The Morgan fingerprint density at radius 3 is 2.43 bits per heavy atom. The van der Waals surface area contributed by atoms with E-state index in [-0.39, 0.29) is 22.7 Å². The lowest BCUT2D eigenvalue weighted by atomic mass is 9.60. The van der Waals surface area contributed by atoms with Crippen LogP contribution in [0.25, 0.3) is 0 Å². The third-order valence-corrected chi connectivity index (χ3v) is 6.41. The lowest BCUT2D eigenvalue weighted by Crippen LogP contribution is -2.55. The molecule has 1 aliphatic carbocycles. The van der Waals surface area contributed by atoms with E-state index >= 15 is 0 Å². The maximum absolute atomic E-state index is 6.26. The van der Waals surface area contributed by atoms with E-state index < -0.39 is 0 Å². The predicted octanol–water partition coefficient (Wildman–Crippen LogP) is 4.36. The van der Waals surface area contributed by atoms with Crippen LogP contribution in [0.5, 0.6) is 0 Å². The van der Waals surface area contributed by atoms with Crippen LogP contribution in [-0.4, -0.2) is 37.1 Å². The highest BCUT2D eigenvalue weighted by molar-refractivity contribution is 5.21. The lowest BCUT2D eigenvalue weighted by Gasteiger charge is -2.48. The fourth-order valence-electron chi connectivity index (χ4n) is 4.91. The minimum atomic E-state index is -0.104. The molecule has 0 amide bonds. The molecule has 132 valence electrons. The van der Waals surface area contributed by atoms with Crippen LogP contribution in [0.1, 0.15) is 60.8 Å². The highest BCUT2D eigenvalue weighted by Gasteiger charge is 2.72. The van der Waals surface area contributed by atoms with Gasteiger partial charge in [-0.1, -0.05) is 32.4 Å². The molecule has 3 aliphatic rings. The Morgan fingerprint density at radius 2 is 1.96 bits per heavy atom. The third-order valence-electron chi connectivity index (χ3n) is 6.41. The summed E-state index contributed by atoms with van der Waals surface area (Å²) >= 11 is 0. The largest absolute Gasteiger partial charge is 0.381 e. The quantitative estimate of drug-likeness (QED) is 0.570. The van der Waals surface area contributed by atoms with Crippen LogP contribution in [0, 0.1) is 17.3 Å². The van der Waals surface area contributed by atoms with Gasteiger partial charge in [0.2, 0.25) is 0 Å². The molecule has 2 saturated heterocycles. The Morgan fingerprint density at radius 1 is 1.30 bits per heavy atom. The molecule has 3 heteroatoms. The number of hydrogen-bond donors (Lipinski definition) is 0. The first-order valence-corrected chi connectivity index (χ1v) is 9.12. The van der Waals surface area contributed by atoms with E-state index in [4.69, 9.17) is 14.2 Å². The molecule has 0 radical (unpaired) electrons. The van der Waals surface area contributed by atoms with Crippen molar-refractivity contribution in [1.29, 1.82) is 0 Å². The summed E-state index contributed by atoms with van der Waals surface area (Å²) in [6.07, 6.45) is 6.15. The molecule has 2 aliphatic heterocycles. The lowest BCUT2D eigenvalue weighted by molar-refractivity contribution is -0.109. The van der Waals surface area contributed by atoms with Crippen LogP contribution in [0.3, 0.4) is 0 Å². The molecule has 0 bridgehead atoms. The number of rotatable bonds is 4. The Bertz CT molecular complexity index is 482. The average molecular weight is 322 g/mol. The van der Waals surface area contributed by atoms with Gasteiger partial charge in [0.15, 0.2) is 0 Å². The fraction of sp³-hybridized carbons (Fsp3) is 0.900. The van der Waals surface area contributed by atoms with Gasteiger partial charge in [0.05, 0.1) is 24.4 Å². The zero-order valence-corrected chi connectivity index (χ0v) is 15.9. The second-order valence-corrected chi connectivity index (χ2v) is 9.35. The predicted molar refractivity (Wildman–Crippen MR) is 92.5 cm³/mol. The first kappa shape index (κ1) is 17.4. The molecule has 1 spiro atoms. The molecule has 3 fully saturated rings. The van der Waals surface area contributed by atoms with Crippen molar-refractivity contribution in [2.24, 2.45) is 17.3 Å². The summed E-state index contributed by atoms with van der Waals surface area (Å²) in [4.78, 5) is 0. The van der Waals surface area contributed by atoms with Gasteiger partial charge in [-0.3, -0.25) is 0 Å². The Balaban J connectivity index is 1.84. The summed E-state index contributed by atoms with van der Waals surface area (Å²) in [5, 5.41) is 0. The maximum atomic E-state index is 6.26. The van der Waals surface area contributed by atoms with E-state index in [1.54, 1.807) is 0 Å². The van der Waals surface area contributed by atoms with Crippen LogP contribution in [0.4, 0.5) is 0 Å². The molecule has 23 heavy (non-hydrogen) atoms. The van der Waals surface area contributed by atoms with Gasteiger partial charge < -0.3 is 14.2 Å². The topological polar surface area (TPSA) is 34.3 Å². The van der Waals surface area contributed by atoms with E-state index in [1.165, 1.54) is 12.0 Å². The third kappa shape index (κ3) is 3.01. The highest BCUT2D eigenvalue weighted by atomic mass is 16.6. The average Bonchev–Trinajstić information content (AvgIpc) is 3.34. The van der Waals surface area contributed by atoms with E-state index in [0.717, 1.165) is 19.4 Å². The molecule has 0 N–H and O–H groups in total. The van der Waals surface area contributed by atoms with Gasteiger partial charge in [0, 0.05) is 13.0 Å². The van der Waals surface area contributed by atoms with E-state index in [0.29, 0.717) is 17.9 Å². The summed E-state index contributed by atoms with van der Waals surface area (Å²) in [5.74, 6) is 0.894. The monoisotopic (exact) mass is 322 g/mol. The standard InChI is InChI=1S/C20H34O3/c1-13(2)8-9-15-19(6,23-15)17-16(21-7)14(18(3,4)5)10-11-20(17)12-22-20/h8,14-17H,9-12H2,1-7H3/t14?,15-,16-,17-,19+,20+/m1/s1. The van der Waals surface area contributed by atoms with Crippen molar-refractivity contribution in [3.05, 3.63) is 11.6 Å². The van der Waals surface area contributed by atoms with Crippen molar-refractivity contribution >= 4 is 0 Å². The molecule has 6 atom stereocenters. The van der Waals surface area contributed by atoms with Gasteiger partial charge >= 0.3 is 0 Å². The molecule has 2 heterocycles. The van der Waals surface area contributed by atoms with Gasteiger partial charge in [-0.05, 0) is 51.4 Å².